The van der Waals surface area contributed by atoms with Crippen molar-refractivity contribution < 1.29 is 9.00 Å². The summed E-state index contributed by atoms with van der Waals surface area (Å²) in [6, 6.07) is 7.54. The molecule has 31 heavy (non-hydrogen) atoms. The molecule has 4 nitrogen and oxygen atoms in total. The van der Waals surface area contributed by atoms with Crippen LogP contribution in [0.2, 0.25) is 0 Å². The largest absolute Gasteiger partial charge is 0.268 e. The van der Waals surface area contributed by atoms with Crippen LogP contribution < -0.4 is 0 Å². The van der Waals surface area contributed by atoms with Gasteiger partial charge in [-0.25, -0.2) is 4.21 Å². The van der Waals surface area contributed by atoms with Gasteiger partial charge in [-0.1, -0.05) is 64.3 Å². The second-order valence-corrected chi connectivity index (χ2v) is 14.1. The quantitative estimate of drug-likeness (QED) is 0.253. The maximum atomic E-state index is 13.6. The van der Waals surface area contributed by atoms with E-state index in [1.165, 1.54) is 42.8 Å². The summed E-state index contributed by atoms with van der Waals surface area (Å²) in [6.07, 6.45) is 14.5. The monoisotopic (exact) mass is 464 g/mol. The molecule has 3 unspecified atom stereocenters. The number of hydrogen-bond acceptors (Lipinski definition) is 3. The van der Waals surface area contributed by atoms with Crippen molar-refractivity contribution in [2.75, 3.05) is 18.5 Å². The molecule has 0 aromatic heterocycles. The SMILES string of the molecule is CCCCP(CCCC)(CCCC)=Nc1ccccc1C(=O)N1C(C)C=CC(C)S1=O. The summed E-state index contributed by atoms with van der Waals surface area (Å²) in [5, 5.41) is -0.158. The van der Waals surface area contributed by atoms with E-state index in [1.54, 1.807) is 0 Å². The topological polar surface area (TPSA) is 49.7 Å². The van der Waals surface area contributed by atoms with E-state index in [9.17, 15) is 9.00 Å². The second kappa shape index (κ2) is 12.7. The fraction of sp³-hybridized carbons (Fsp3) is 0.640. The molecule has 1 aliphatic rings. The number of rotatable bonds is 11. The summed E-state index contributed by atoms with van der Waals surface area (Å²) in [4.78, 5) is 13.6. The number of benzene rings is 1. The average Bonchev–Trinajstić information content (AvgIpc) is 2.77. The van der Waals surface area contributed by atoms with Gasteiger partial charge in [-0.2, -0.15) is 0 Å². The van der Waals surface area contributed by atoms with E-state index in [4.69, 9.17) is 4.74 Å². The van der Waals surface area contributed by atoms with E-state index < -0.39 is 18.0 Å². The van der Waals surface area contributed by atoms with Crippen molar-refractivity contribution in [3.05, 3.63) is 42.0 Å². The number of carbonyl (C=O) groups excluding carboxylic acids is 1. The van der Waals surface area contributed by atoms with E-state index in [1.807, 2.05) is 50.3 Å². The zero-order valence-corrected chi connectivity index (χ0v) is 21.8. The molecule has 0 bridgehead atoms. The Morgan fingerprint density at radius 3 is 2.06 bits per heavy atom. The van der Waals surface area contributed by atoms with Gasteiger partial charge in [0, 0.05) is 0 Å². The molecule has 0 spiro atoms. The van der Waals surface area contributed by atoms with Crippen LogP contribution in [0.4, 0.5) is 5.69 Å². The predicted molar refractivity (Wildman–Crippen MR) is 137 cm³/mol. The molecule has 3 atom stereocenters. The minimum atomic E-state index is -1.55. The minimum absolute atomic E-state index is 0.158. The fourth-order valence-electron chi connectivity index (χ4n) is 4.00. The summed E-state index contributed by atoms with van der Waals surface area (Å²) in [5.74, 6) is -0.166. The van der Waals surface area contributed by atoms with Crippen molar-refractivity contribution in [1.29, 1.82) is 0 Å². The number of hydrogen-bond donors (Lipinski definition) is 0. The van der Waals surface area contributed by atoms with Gasteiger partial charge in [0.2, 0.25) is 0 Å². The van der Waals surface area contributed by atoms with Crippen molar-refractivity contribution in [3.63, 3.8) is 0 Å². The number of carbonyl (C=O) groups is 1. The van der Waals surface area contributed by atoms with Gasteiger partial charge in [0.15, 0.2) is 0 Å². The first-order valence-electron chi connectivity index (χ1n) is 12.0. The highest BCUT2D eigenvalue weighted by atomic mass is 32.2. The molecule has 1 aliphatic heterocycles. The maximum Gasteiger partial charge on any atom is 0.268 e. The Hall–Kier alpha value is -1.19. The lowest BCUT2D eigenvalue weighted by Gasteiger charge is -2.32. The lowest BCUT2D eigenvalue weighted by molar-refractivity contribution is 0.0849. The van der Waals surface area contributed by atoms with E-state index in [2.05, 4.69) is 20.8 Å². The van der Waals surface area contributed by atoms with Gasteiger partial charge in [-0.3, -0.25) is 13.8 Å². The molecule has 0 N–H and O–H groups in total. The fourth-order valence-corrected chi connectivity index (χ4v) is 9.56. The van der Waals surface area contributed by atoms with Crippen molar-refractivity contribution in [2.45, 2.75) is 84.4 Å². The molecule has 0 fully saturated rings. The Labute approximate surface area is 192 Å². The lowest BCUT2D eigenvalue weighted by Crippen LogP contribution is -2.44. The van der Waals surface area contributed by atoms with Crippen LogP contribution >= 0.6 is 7.05 Å². The first-order valence-corrected chi connectivity index (χ1v) is 15.5. The molecule has 1 aromatic carbocycles. The first kappa shape index (κ1) is 26.1. The Morgan fingerprint density at radius 1 is 0.968 bits per heavy atom. The lowest BCUT2D eigenvalue weighted by atomic mass is 10.1. The summed E-state index contributed by atoms with van der Waals surface area (Å²) in [7, 11) is -2.92. The van der Waals surface area contributed by atoms with Crippen LogP contribution in [0.3, 0.4) is 0 Å². The van der Waals surface area contributed by atoms with Gasteiger partial charge >= 0.3 is 0 Å². The van der Waals surface area contributed by atoms with Crippen LogP contribution in [0, 0.1) is 0 Å². The molecule has 0 radical (unpaired) electrons. The Kier molecular flexibility index (Phi) is 10.7. The van der Waals surface area contributed by atoms with Gasteiger partial charge in [-0.15, -0.1) is 0 Å². The normalized spacial score (nSPS) is 21.3. The molecule has 2 rings (SSSR count). The Morgan fingerprint density at radius 2 is 1.52 bits per heavy atom. The molecule has 1 aromatic rings. The van der Waals surface area contributed by atoms with Crippen LogP contribution in [-0.2, 0) is 11.0 Å². The van der Waals surface area contributed by atoms with Crippen LogP contribution in [-0.4, -0.2) is 44.2 Å². The molecule has 1 amide bonds. The molecule has 0 aliphatic carbocycles. The molecule has 0 saturated heterocycles. The number of unbranched alkanes of at least 4 members (excludes halogenated alkanes) is 3. The maximum absolute atomic E-state index is 13.6. The highest BCUT2D eigenvalue weighted by molar-refractivity contribution is 7.84. The summed E-state index contributed by atoms with van der Waals surface area (Å²) in [5.41, 5.74) is 1.40. The first-order chi connectivity index (χ1) is 14.9. The average molecular weight is 465 g/mol. The van der Waals surface area contributed by atoms with Crippen LogP contribution in [0.15, 0.2) is 41.2 Å². The van der Waals surface area contributed by atoms with Crippen molar-refractivity contribution >= 4 is 29.6 Å². The van der Waals surface area contributed by atoms with Gasteiger partial charge in [0.25, 0.3) is 5.91 Å². The highest BCUT2D eigenvalue weighted by Gasteiger charge is 2.32. The van der Waals surface area contributed by atoms with Gasteiger partial charge in [-0.05, 0) is 70.8 Å². The van der Waals surface area contributed by atoms with Gasteiger partial charge < -0.3 is 0 Å². The molecule has 1 heterocycles. The third-order valence-electron chi connectivity index (χ3n) is 5.98. The van der Waals surface area contributed by atoms with Gasteiger partial charge in [0.05, 0.1) is 22.5 Å². The molecule has 0 saturated carbocycles. The van der Waals surface area contributed by atoms with Gasteiger partial charge in [0.1, 0.15) is 11.0 Å². The predicted octanol–water partition coefficient (Wildman–Crippen LogP) is 7.37. The van der Waals surface area contributed by atoms with Crippen LogP contribution in [0.5, 0.6) is 0 Å². The third-order valence-corrected chi connectivity index (χ3v) is 11.7. The zero-order valence-electron chi connectivity index (χ0n) is 20.0. The molecular weight excluding hydrogens is 423 g/mol. The third kappa shape index (κ3) is 6.89. The number of nitrogens with zero attached hydrogens (tertiary/aromatic N) is 2. The van der Waals surface area contributed by atoms with E-state index in [0.29, 0.717) is 5.56 Å². The summed E-state index contributed by atoms with van der Waals surface area (Å²) in [6.45, 7) is 10.6. The standard InChI is InChI=1S/C25H41N2O2PS/c1-6-9-18-30(19-10-7-2,20-11-8-3)26-24-15-13-12-14-23(24)25(28)27-21(4)16-17-22(5)31(27)29/h12-17,21-22H,6-11,18-20H2,1-5H3. The van der Waals surface area contributed by atoms with Crippen molar-refractivity contribution in [1.82, 2.24) is 4.31 Å². The Bertz CT molecular complexity index is 808. The van der Waals surface area contributed by atoms with E-state index in [-0.39, 0.29) is 17.2 Å². The van der Waals surface area contributed by atoms with Crippen LogP contribution in [0.1, 0.15) is 83.5 Å². The Balaban J connectivity index is 2.53. The number of amides is 1. The molecular formula is C25H41N2O2PS. The molecule has 6 heteroatoms. The summed E-state index contributed by atoms with van der Waals surface area (Å²) >= 11 is 0. The smallest absolute Gasteiger partial charge is 0.268 e. The van der Waals surface area contributed by atoms with Crippen molar-refractivity contribution in [3.8, 4) is 0 Å². The summed E-state index contributed by atoms with van der Waals surface area (Å²) < 4.78 is 19.9. The van der Waals surface area contributed by atoms with Crippen molar-refractivity contribution in [2.24, 2.45) is 4.74 Å². The molecule has 174 valence electrons. The van der Waals surface area contributed by atoms with Crippen LogP contribution in [0.25, 0.3) is 0 Å². The zero-order chi connectivity index (χ0) is 22.9. The van der Waals surface area contributed by atoms with E-state index >= 15 is 0 Å². The minimum Gasteiger partial charge on any atom is -0.268 e. The van der Waals surface area contributed by atoms with E-state index in [0.717, 1.165) is 24.2 Å². The second-order valence-electron chi connectivity index (χ2n) is 8.68. The highest BCUT2D eigenvalue weighted by Crippen LogP contribution is 2.54.